The molecule has 0 aliphatic carbocycles. The van der Waals surface area contributed by atoms with Crippen LogP contribution in [0.2, 0.25) is 0 Å². The summed E-state index contributed by atoms with van der Waals surface area (Å²) in [7, 11) is 0. The molecule has 0 aliphatic rings. The van der Waals surface area contributed by atoms with Gasteiger partial charge in [-0.3, -0.25) is 4.79 Å². The van der Waals surface area contributed by atoms with Gasteiger partial charge in [-0.2, -0.15) is 0 Å². The zero-order chi connectivity index (χ0) is 8.55. The van der Waals surface area contributed by atoms with Crippen molar-refractivity contribution >= 4 is 27.6 Å². The third kappa shape index (κ3) is 1.02. The molecule has 2 N–H and O–H groups in total. The minimum atomic E-state index is -0.634. The van der Waals surface area contributed by atoms with E-state index in [-0.39, 0.29) is 5.82 Å². The topological polar surface area (TPSA) is 81.8 Å². The Morgan fingerprint density at radius 2 is 2.33 bits per heavy atom. The highest BCUT2D eigenvalue weighted by Gasteiger charge is 2.05. The van der Waals surface area contributed by atoms with Gasteiger partial charge in [-0.1, -0.05) is 0 Å². The van der Waals surface area contributed by atoms with E-state index in [1.165, 1.54) is 11.3 Å². The smallest absolute Gasteiger partial charge is 0.286 e. The van der Waals surface area contributed by atoms with Crippen molar-refractivity contribution in [2.75, 3.05) is 0 Å². The second kappa shape index (κ2) is 2.49. The number of rotatable bonds is 1. The van der Waals surface area contributed by atoms with Crippen molar-refractivity contribution in [1.29, 1.82) is 0 Å². The molecule has 0 unspecified atom stereocenters. The van der Waals surface area contributed by atoms with Gasteiger partial charge in [-0.05, 0) is 0 Å². The summed E-state index contributed by atoms with van der Waals surface area (Å²) in [5.41, 5.74) is 7.15. The van der Waals surface area contributed by atoms with E-state index in [0.29, 0.717) is 5.65 Å². The Kier molecular flexibility index (Phi) is 1.47. The maximum absolute atomic E-state index is 10.6. The van der Waals surface area contributed by atoms with Crippen molar-refractivity contribution in [3.8, 4) is 0 Å². The summed E-state index contributed by atoms with van der Waals surface area (Å²) < 4.78 is 0.847. The van der Waals surface area contributed by atoms with Crippen LogP contribution in [-0.4, -0.2) is 20.9 Å². The first-order chi connectivity index (χ1) is 5.77. The lowest BCUT2D eigenvalue weighted by Gasteiger charge is -1.90. The molecule has 1 amide bonds. The average Bonchev–Trinajstić information content (AvgIpc) is 2.49. The fourth-order valence-electron chi connectivity index (χ4n) is 0.789. The third-order valence-electron chi connectivity index (χ3n) is 1.31. The number of carbonyl (C=O) groups is 1. The normalized spacial score (nSPS) is 10.3. The zero-order valence-electron chi connectivity index (χ0n) is 5.89. The molecule has 2 aromatic rings. The lowest BCUT2D eigenvalue weighted by molar-refractivity contribution is 0.0991. The summed E-state index contributed by atoms with van der Waals surface area (Å²) in [6.45, 7) is 0. The van der Waals surface area contributed by atoms with Crippen LogP contribution in [-0.2, 0) is 0 Å². The van der Waals surface area contributed by atoms with E-state index in [1.807, 2.05) is 0 Å². The number of hydrogen-bond donors (Lipinski definition) is 1. The van der Waals surface area contributed by atoms with E-state index >= 15 is 0 Å². The quantitative estimate of drug-likeness (QED) is 0.678. The highest BCUT2D eigenvalue weighted by molar-refractivity contribution is 7.16. The molecule has 0 saturated heterocycles. The van der Waals surface area contributed by atoms with Crippen LogP contribution in [0, 0.1) is 0 Å². The van der Waals surface area contributed by atoms with Crippen LogP contribution in [0.4, 0.5) is 0 Å². The van der Waals surface area contributed by atoms with Crippen LogP contribution in [0.1, 0.15) is 10.6 Å². The maximum Gasteiger partial charge on any atom is 0.286 e. The number of nitrogens with two attached hydrogens (primary N) is 1. The number of thiazole rings is 1. The maximum atomic E-state index is 10.6. The first-order valence-electron chi connectivity index (χ1n) is 3.13. The van der Waals surface area contributed by atoms with Gasteiger partial charge in [0.15, 0.2) is 5.65 Å². The summed E-state index contributed by atoms with van der Waals surface area (Å²) in [5.74, 6) is -0.627. The Morgan fingerprint density at radius 1 is 1.50 bits per heavy atom. The van der Waals surface area contributed by atoms with Crippen molar-refractivity contribution in [1.82, 2.24) is 15.0 Å². The number of hydrogen-bond acceptors (Lipinski definition) is 5. The molecule has 60 valence electrons. The minimum absolute atomic E-state index is 0.00778. The molecule has 0 aliphatic heterocycles. The van der Waals surface area contributed by atoms with Gasteiger partial charge in [-0.15, -0.1) is 11.3 Å². The van der Waals surface area contributed by atoms with Crippen LogP contribution in [0.25, 0.3) is 10.3 Å². The van der Waals surface area contributed by atoms with Gasteiger partial charge in [0.2, 0.25) is 5.82 Å². The van der Waals surface area contributed by atoms with Gasteiger partial charge in [0.05, 0.1) is 16.4 Å². The molecule has 0 saturated carbocycles. The number of fused-ring (bicyclic) bond motifs is 1. The van der Waals surface area contributed by atoms with Gasteiger partial charge < -0.3 is 5.73 Å². The molecule has 0 fully saturated rings. The SMILES string of the molecule is NC(=O)c1ncc2scnc2n1. The number of nitrogens with zero attached hydrogens (tertiary/aromatic N) is 3. The molecule has 2 aromatic heterocycles. The number of carbonyl (C=O) groups excluding carboxylic acids is 1. The van der Waals surface area contributed by atoms with E-state index in [2.05, 4.69) is 15.0 Å². The lowest BCUT2D eigenvalue weighted by atomic mass is 10.5. The number of aromatic nitrogens is 3. The van der Waals surface area contributed by atoms with Gasteiger partial charge in [-0.25, -0.2) is 15.0 Å². The molecule has 12 heavy (non-hydrogen) atoms. The molecule has 0 atom stereocenters. The van der Waals surface area contributed by atoms with E-state index < -0.39 is 5.91 Å². The van der Waals surface area contributed by atoms with Crippen molar-refractivity contribution < 1.29 is 4.79 Å². The van der Waals surface area contributed by atoms with Crippen molar-refractivity contribution in [3.63, 3.8) is 0 Å². The van der Waals surface area contributed by atoms with E-state index in [0.717, 1.165) is 4.70 Å². The standard InChI is InChI=1S/C6H4N4OS/c7-4(11)6-8-1-3-5(10-6)9-2-12-3/h1-2H,(H2,7,11). The summed E-state index contributed by atoms with van der Waals surface area (Å²) in [6, 6.07) is 0. The van der Waals surface area contributed by atoms with Crippen LogP contribution >= 0.6 is 11.3 Å². The molecular formula is C6H4N4OS. The summed E-state index contributed by atoms with van der Waals surface area (Å²) in [4.78, 5) is 22.2. The Bertz CT molecular complexity index is 438. The number of amides is 1. The van der Waals surface area contributed by atoms with Crippen molar-refractivity contribution in [3.05, 3.63) is 17.5 Å². The summed E-state index contributed by atoms with van der Waals surface area (Å²) in [5, 5.41) is 0. The van der Waals surface area contributed by atoms with Crippen molar-refractivity contribution in [2.45, 2.75) is 0 Å². The van der Waals surface area contributed by atoms with E-state index in [1.54, 1.807) is 11.7 Å². The molecule has 5 nitrogen and oxygen atoms in total. The van der Waals surface area contributed by atoms with Crippen LogP contribution in [0.3, 0.4) is 0 Å². The lowest BCUT2D eigenvalue weighted by Crippen LogP contribution is -2.14. The molecule has 0 aromatic carbocycles. The molecule has 0 bridgehead atoms. The van der Waals surface area contributed by atoms with Gasteiger partial charge >= 0.3 is 0 Å². The van der Waals surface area contributed by atoms with Gasteiger partial charge in [0.25, 0.3) is 5.91 Å². The predicted octanol–water partition coefficient (Wildman–Crippen LogP) is 0.185. The highest BCUT2D eigenvalue weighted by atomic mass is 32.1. The van der Waals surface area contributed by atoms with Gasteiger partial charge in [0, 0.05) is 0 Å². The summed E-state index contributed by atoms with van der Waals surface area (Å²) >= 11 is 1.42. The molecular weight excluding hydrogens is 176 g/mol. The van der Waals surface area contributed by atoms with Crippen LogP contribution in [0.15, 0.2) is 11.7 Å². The average molecular weight is 180 g/mol. The summed E-state index contributed by atoms with van der Waals surface area (Å²) in [6.07, 6.45) is 1.54. The molecule has 2 rings (SSSR count). The first kappa shape index (κ1) is 7.11. The Balaban J connectivity index is 2.68. The van der Waals surface area contributed by atoms with Crippen molar-refractivity contribution in [2.24, 2.45) is 5.73 Å². The molecule has 0 radical (unpaired) electrons. The largest absolute Gasteiger partial charge is 0.363 e. The number of primary amides is 1. The second-order valence-electron chi connectivity index (χ2n) is 2.10. The highest BCUT2D eigenvalue weighted by Crippen LogP contribution is 2.13. The molecule has 0 spiro atoms. The van der Waals surface area contributed by atoms with Crippen LogP contribution < -0.4 is 5.73 Å². The van der Waals surface area contributed by atoms with E-state index in [9.17, 15) is 4.79 Å². The monoisotopic (exact) mass is 180 g/mol. The Labute approximate surface area is 71.3 Å². The van der Waals surface area contributed by atoms with E-state index in [4.69, 9.17) is 5.73 Å². The minimum Gasteiger partial charge on any atom is -0.363 e. The zero-order valence-corrected chi connectivity index (χ0v) is 6.71. The second-order valence-corrected chi connectivity index (χ2v) is 2.98. The molecule has 2 heterocycles. The fraction of sp³-hybridized carbons (Fsp3) is 0. The van der Waals surface area contributed by atoms with Gasteiger partial charge in [0.1, 0.15) is 0 Å². The molecule has 6 heteroatoms. The Morgan fingerprint density at radius 3 is 3.08 bits per heavy atom. The predicted molar refractivity (Wildman–Crippen MR) is 43.7 cm³/mol. The fourth-order valence-corrected chi connectivity index (χ4v) is 1.37. The van der Waals surface area contributed by atoms with Crippen LogP contribution in [0.5, 0.6) is 0 Å². The Hall–Kier alpha value is -1.56. The first-order valence-corrected chi connectivity index (χ1v) is 4.01. The third-order valence-corrected chi connectivity index (χ3v) is 2.06.